The number of imidazole rings is 2. The van der Waals surface area contributed by atoms with E-state index in [1.807, 2.05) is 52.0 Å². The number of hydrogen-bond acceptors (Lipinski definition) is 10. The van der Waals surface area contributed by atoms with Crippen LogP contribution in [0.2, 0.25) is 0 Å². The number of hydrogen-bond donors (Lipinski definition) is 4. The second-order valence-electron chi connectivity index (χ2n) is 14.6. The lowest BCUT2D eigenvalue weighted by Gasteiger charge is -2.29. The molecule has 4 atom stereocenters. The standard InChI is InChI=1S/C38H46N8O8/c1-19(2)31(43-37(49)51-5)35(47)45-11-7-9-25(45)33-39-17-23(41-33)29-15-21-13-28-22(14-27(21)53-29)16-30(54-28)24-18-40-34(42-24)26-10-8-12-46(26)36(48)32(20(3)4)44-38(50)52-6/h13-20,25-26,31-32H,7-12H2,1-6H3,(H,39,41)(H,40,42)(H,43,49)(H,44,50)/t25-,26-,31-,32-/m0/s1. The summed E-state index contributed by atoms with van der Waals surface area (Å²) in [5, 5.41) is 7.03. The quantitative estimate of drug-likeness (QED) is 0.131. The molecule has 2 fully saturated rings. The zero-order chi connectivity index (χ0) is 38.3. The van der Waals surface area contributed by atoms with Crippen LogP contribution in [0.1, 0.15) is 77.1 Å². The molecule has 16 nitrogen and oxygen atoms in total. The van der Waals surface area contributed by atoms with E-state index in [0.717, 1.165) is 36.5 Å². The van der Waals surface area contributed by atoms with Gasteiger partial charge >= 0.3 is 12.2 Å². The van der Waals surface area contributed by atoms with Gasteiger partial charge in [-0.1, -0.05) is 27.7 Å². The minimum atomic E-state index is -0.717. The fourth-order valence-corrected chi connectivity index (χ4v) is 7.49. The molecule has 2 saturated heterocycles. The third-order valence-electron chi connectivity index (χ3n) is 10.4. The van der Waals surface area contributed by atoms with Crippen molar-refractivity contribution in [1.29, 1.82) is 0 Å². The van der Waals surface area contributed by atoms with Crippen LogP contribution < -0.4 is 10.6 Å². The Morgan fingerprint density at radius 2 is 1.11 bits per heavy atom. The van der Waals surface area contributed by atoms with Crippen molar-refractivity contribution in [2.45, 2.75) is 77.5 Å². The van der Waals surface area contributed by atoms with Gasteiger partial charge in [-0.05, 0) is 61.8 Å². The van der Waals surface area contributed by atoms with Gasteiger partial charge in [0.1, 0.15) is 46.3 Å². The maximum absolute atomic E-state index is 13.6. The lowest BCUT2D eigenvalue weighted by molar-refractivity contribution is -0.136. The number of rotatable bonds is 10. The molecule has 0 spiro atoms. The Morgan fingerprint density at radius 3 is 1.48 bits per heavy atom. The Bertz CT molecular complexity index is 1980. The number of likely N-dealkylation sites (tertiary alicyclic amines) is 2. The molecule has 0 bridgehead atoms. The van der Waals surface area contributed by atoms with Crippen molar-refractivity contribution in [1.82, 2.24) is 40.4 Å². The predicted octanol–water partition coefficient (Wildman–Crippen LogP) is 6.05. The van der Waals surface area contributed by atoms with Gasteiger partial charge in [-0.3, -0.25) is 9.59 Å². The minimum Gasteiger partial charge on any atom is -0.454 e. The summed E-state index contributed by atoms with van der Waals surface area (Å²) in [5.74, 6) is 1.88. The number of carbonyl (C=O) groups excluding carboxylic acids is 4. The number of nitrogens with one attached hydrogen (secondary N) is 4. The minimum absolute atomic E-state index is 0.129. The number of fused-ring (bicyclic) bond motifs is 2. The van der Waals surface area contributed by atoms with Gasteiger partial charge in [0.05, 0.1) is 38.7 Å². The van der Waals surface area contributed by atoms with Crippen molar-refractivity contribution in [3.05, 3.63) is 48.3 Å². The summed E-state index contributed by atoms with van der Waals surface area (Å²) in [6, 6.07) is 5.71. The van der Waals surface area contributed by atoms with Gasteiger partial charge in [-0.25, -0.2) is 19.6 Å². The largest absolute Gasteiger partial charge is 0.454 e. The molecule has 2 aliphatic rings. The summed E-state index contributed by atoms with van der Waals surface area (Å²) >= 11 is 0. The van der Waals surface area contributed by atoms with E-state index in [9.17, 15) is 19.2 Å². The van der Waals surface area contributed by atoms with E-state index in [2.05, 4.69) is 30.6 Å². The highest BCUT2D eigenvalue weighted by molar-refractivity contribution is 5.96. The zero-order valence-electron chi connectivity index (χ0n) is 31.2. The van der Waals surface area contributed by atoms with E-state index in [-0.39, 0.29) is 35.7 Å². The van der Waals surface area contributed by atoms with Gasteiger partial charge in [0.25, 0.3) is 0 Å². The molecular weight excluding hydrogens is 696 g/mol. The van der Waals surface area contributed by atoms with Crippen molar-refractivity contribution < 1.29 is 37.5 Å². The Hall–Kier alpha value is -5.80. The molecule has 4 aromatic heterocycles. The number of carbonyl (C=O) groups is 4. The van der Waals surface area contributed by atoms with Crippen LogP contribution in [0.3, 0.4) is 0 Å². The van der Waals surface area contributed by atoms with Crippen LogP contribution in [0.15, 0.2) is 45.5 Å². The molecule has 2 aliphatic heterocycles. The molecule has 54 heavy (non-hydrogen) atoms. The van der Waals surface area contributed by atoms with Crippen molar-refractivity contribution in [3.63, 3.8) is 0 Å². The van der Waals surface area contributed by atoms with E-state index >= 15 is 0 Å². The molecule has 6 heterocycles. The topological polar surface area (TPSA) is 201 Å². The normalized spacial score (nSPS) is 18.5. The number of H-pyrrole nitrogens is 2. The van der Waals surface area contributed by atoms with Crippen molar-refractivity contribution in [2.24, 2.45) is 11.8 Å². The fraction of sp³-hybridized carbons (Fsp3) is 0.474. The highest BCUT2D eigenvalue weighted by Gasteiger charge is 2.39. The van der Waals surface area contributed by atoms with Gasteiger partial charge in [0.2, 0.25) is 11.8 Å². The molecule has 5 aromatic rings. The van der Waals surface area contributed by atoms with Crippen LogP contribution in [0.5, 0.6) is 0 Å². The maximum atomic E-state index is 13.6. The van der Waals surface area contributed by atoms with Crippen LogP contribution in [0.4, 0.5) is 9.59 Å². The lowest BCUT2D eigenvalue weighted by Crippen LogP contribution is -2.51. The predicted molar refractivity (Wildman–Crippen MR) is 197 cm³/mol. The molecule has 286 valence electrons. The van der Waals surface area contributed by atoms with Gasteiger partial charge in [-0.2, -0.15) is 0 Å². The maximum Gasteiger partial charge on any atom is 0.407 e. The van der Waals surface area contributed by atoms with Crippen LogP contribution in [-0.4, -0.2) is 93.1 Å². The molecule has 0 saturated carbocycles. The molecule has 4 amide bonds. The third-order valence-corrected chi connectivity index (χ3v) is 10.4. The van der Waals surface area contributed by atoms with Crippen LogP contribution in [-0.2, 0) is 19.1 Å². The number of benzene rings is 1. The highest BCUT2D eigenvalue weighted by atomic mass is 16.5. The van der Waals surface area contributed by atoms with Crippen molar-refractivity contribution >= 4 is 45.9 Å². The molecule has 7 rings (SSSR count). The summed E-state index contributed by atoms with van der Waals surface area (Å²) in [5.41, 5.74) is 2.68. The van der Waals surface area contributed by atoms with Crippen LogP contribution in [0.25, 0.3) is 44.8 Å². The van der Waals surface area contributed by atoms with Crippen molar-refractivity contribution in [3.8, 4) is 22.9 Å². The summed E-state index contributed by atoms with van der Waals surface area (Å²) < 4.78 is 22.1. The summed E-state index contributed by atoms with van der Waals surface area (Å²) in [6.45, 7) is 8.65. The van der Waals surface area contributed by atoms with E-state index in [0.29, 0.717) is 58.8 Å². The first-order valence-corrected chi connectivity index (χ1v) is 18.3. The average molecular weight is 743 g/mol. The summed E-state index contributed by atoms with van der Waals surface area (Å²) in [7, 11) is 2.55. The van der Waals surface area contributed by atoms with E-state index in [1.165, 1.54) is 14.2 Å². The molecule has 0 unspecified atom stereocenters. The number of aromatic amines is 2. The smallest absolute Gasteiger partial charge is 0.407 e. The second-order valence-corrected chi connectivity index (χ2v) is 14.6. The van der Waals surface area contributed by atoms with Crippen LogP contribution in [0, 0.1) is 11.8 Å². The number of amides is 4. The number of aromatic nitrogens is 4. The molecule has 1 aromatic carbocycles. The monoisotopic (exact) mass is 742 g/mol. The van der Waals surface area contributed by atoms with Crippen molar-refractivity contribution in [2.75, 3.05) is 27.3 Å². The SMILES string of the molecule is COC(=O)N[C@H](C(=O)N1CCC[C@H]1c1ncc(-c2cc3cc4oc(-c5cnc([C@@H]6CCCN6C(=O)[C@@H](NC(=O)OC)C(C)C)[nH]5)cc4cc3o2)[nH]1)C(C)C. The lowest BCUT2D eigenvalue weighted by atomic mass is 10.0. The van der Waals surface area contributed by atoms with Gasteiger partial charge < -0.3 is 48.7 Å². The molecule has 0 radical (unpaired) electrons. The van der Waals surface area contributed by atoms with Gasteiger partial charge in [-0.15, -0.1) is 0 Å². The number of nitrogens with zero attached hydrogens (tertiary/aromatic N) is 4. The molecular formula is C38H46N8O8. The van der Waals surface area contributed by atoms with E-state index in [4.69, 9.17) is 18.3 Å². The average Bonchev–Trinajstić information content (AvgIpc) is 4.00. The van der Waals surface area contributed by atoms with Gasteiger partial charge in [0, 0.05) is 23.9 Å². The summed E-state index contributed by atoms with van der Waals surface area (Å²) in [6.07, 6.45) is 5.23. The molecule has 16 heteroatoms. The van der Waals surface area contributed by atoms with Gasteiger partial charge in [0.15, 0.2) is 11.5 Å². The Kier molecular flexibility index (Phi) is 10.1. The number of ether oxygens (including phenoxy) is 2. The fourth-order valence-electron chi connectivity index (χ4n) is 7.49. The Balaban J connectivity index is 1.07. The summed E-state index contributed by atoms with van der Waals surface area (Å²) in [4.78, 5) is 70.5. The highest BCUT2D eigenvalue weighted by Crippen LogP contribution is 2.37. The Labute approximate surface area is 311 Å². The zero-order valence-corrected chi connectivity index (χ0v) is 31.2. The number of furan rings is 2. The third kappa shape index (κ3) is 6.99. The number of methoxy groups -OCH3 is 2. The number of alkyl carbamates (subject to hydrolysis) is 2. The second kappa shape index (κ2) is 14.9. The first-order chi connectivity index (χ1) is 25.9. The van der Waals surface area contributed by atoms with E-state index < -0.39 is 24.3 Å². The first-order valence-electron chi connectivity index (χ1n) is 18.3. The molecule has 0 aliphatic carbocycles. The molecule has 4 N–H and O–H groups in total. The Morgan fingerprint density at radius 1 is 0.704 bits per heavy atom. The van der Waals surface area contributed by atoms with Crippen LogP contribution >= 0.6 is 0 Å². The first kappa shape index (κ1) is 36.6. The van der Waals surface area contributed by atoms with E-state index in [1.54, 1.807) is 22.2 Å².